The van der Waals surface area contributed by atoms with Gasteiger partial charge < -0.3 is 0 Å². The molecule has 0 aliphatic carbocycles. The molecule has 8 heteroatoms. The average molecular weight is 521 g/mol. The van der Waals surface area contributed by atoms with Gasteiger partial charge in [-0.1, -0.05) is 22.0 Å². The molecule has 0 radical (unpaired) electrons. The molecule has 1 heterocycles. The van der Waals surface area contributed by atoms with Crippen molar-refractivity contribution in [2.24, 2.45) is 0 Å². The van der Waals surface area contributed by atoms with Gasteiger partial charge in [0.2, 0.25) is 15.9 Å². The molecule has 1 saturated heterocycles. The fraction of sp³-hybridized carbons (Fsp3) is 0.417. The van der Waals surface area contributed by atoms with E-state index in [0.717, 1.165) is 20.5 Å². The average Bonchev–Trinajstić information content (AvgIpc) is 2.93. The molecule has 32 heavy (non-hydrogen) atoms. The Morgan fingerprint density at radius 1 is 0.969 bits per heavy atom. The molecule has 0 N–H and O–H groups in total. The second-order valence-electron chi connectivity index (χ2n) is 9.32. The second kappa shape index (κ2) is 8.39. The largest absolute Gasteiger partial charge is 0.274 e. The highest BCUT2D eigenvalue weighted by atomic mass is 79.9. The summed E-state index contributed by atoms with van der Waals surface area (Å²) in [6.45, 7) is 12.6. The fourth-order valence-corrected chi connectivity index (χ4v) is 7.10. The number of hydrogen-bond donors (Lipinski definition) is 0. The summed E-state index contributed by atoms with van der Waals surface area (Å²) in [5.41, 5.74) is 2.55. The first-order valence-corrected chi connectivity index (χ1v) is 12.7. The molecular weight excluding hydrogens is 492 g/mol. The number of anilines is 1. The summed E-state index contributed by atoms with van der Waals surface area (Å²) in [6, 6.07) is 7.65. The third-order valence-electron chi connectivity index (χ3n) is 5.97. The summed E-state index contributed by atoms with van der Waals surface area (Å²) >= 11 is 3.35. The third kappa shape index (κ3) is 4.16. The van der Waals surface area contributed by atoms with Gasteiger partial charge in [0.1, 0.15) is 6.04 Å². The molecular formula is C24H29BrN2O4S. The highest BCUT2D eigenvalue weighted by molar-refractivity contribution is 9.10. The van der Waals surface area contributed by atoms with Crippen LogP contribution in [0.15, 0.2) is 39.7 Å². The highest BCUT2D eigenvalue weighted by Gasteiger charge is 2.51. The third-order valence-corrected chi connectivity index (χ3v) is 8.94. The van der Waals surface area contributed by atoms with Crippen LogP contribution in [0.2, 0.25) is 0 Å². The van der Waals surface area contributed by atoms with Crippen LogP contribution >= 0.6 is 15.9 Å². The minimum Gasteiger partial charge on any atom is -0.274 e. The standard InChI is InChI=1S/C24H29BrN2O4S/c1-14-12-15(2)17(4)22(16(14)3)32(30,31)27(24(5,6)7)20-13-21(28)26(23(20)29)19-10-8-18(25)9-11-19/h8-12,20H,13H2,1-7H3. The van der Waals surface area contributed by atoms with Gasteiger partial charge in [0.05, 0.1) is 17.0 Å². The lowest BCUT2D eigenvalue weighted by molar-refractivity contribution is -0.122. The summed E-state index contributed by atoms with van der Waals surface area (Å²) in [5.74, 6) is -0.948. The maximum absolute atomic E-state index is 14.1. The minimum absolute atomic E-state index is 0.200. The number of aryl methyl sites for hydroxylation is 2. The van der Waals surface area contributed by atoms with E-state index in [1.807, 2.05) is 19.9 Å². The van der Waals surface area contributed by atoms with Crippen molar-refractivity contribution < 1.29 is 18.0 Å². The Hall–Kier alpha value is -2.03. The minimum atomic E-state index is -4.09. The number of nitrogens with zero attached hydrogens (tertiary/aromatic N) is 2. The van der Waals surface area contributed by atoms with Crippen LogP contribution in [0.25, 0.3) is 0 Å². The molecule has 2 aromatic rings. The van der Waals surface area contributed by atoms with Crippen molar-refractivity contribution in [3.05, 3.63) is 57.1 Å². The van der Waals surface area contributed by atoms with Gasteiger partial charge in [0, 0.05) is 10.0 Å². The van der Waals surface area contributed by atoms with Crippen LogP contribution in [0.3, 0.4) is 0 Å². The summed E-state index contributed by atoms with van der Waals surface area (Å²) in [6.07, 6.45) is -0.200. The van der Waals surface area contributed by atoms with E-state index in [0.29, 0.717) is 16.8 Å². The molecule has 1 unspecified atom stereocenters. The number of carbonyl (C=O) groups is 2. The monoisotopic (exact) mass is 520 g/mol. The van der Waals surface area contributed by atoms with Crippen molar-refractivity contribution in [1.29, 1.82) is 0 Å². The first-order valence-electron chi connectivity index (χ1n) is 10.4. The zero-order valence-electron chi connectivity index (χ0n) is 19.5. The van der Waals surface area contributed by atoms with Crippen molar-refractivity contribution in [2.45, 2.75) is 71.4 Å². The van der Waals surface area contributed by atoms with Gasteiger partial charge in [-0.25, -0.2) is 13.3 Å². The van der Waals surface area contributed by atoms with Gasteiger partial charge in [0.25, 0.3) is 5.91 Å². The van der Waals surface area contributed by atoms with E-state index in [2.05, 4.69) is 15.9 Å². The van der Waals surface area contributed by atoms with Gasteiger partial charge in [-0.3, -0.25) is 9.59 Å². The van der Waals surface area contributed by atoms with Gasteiger partial charge in [-0.15, -0.1) is 0 Å². The van der Waals surface area contributed by atoms with Crippen LogP contribution in [0, 0.1) is 27.7 Å². The van der Waals surface area contributed by atoms with E-state index in [9.17, 15) is 18.0 Å². The number of hydrogen-bond acceptors (Lipinski definition) is 4. The SMILES string of the molecule is Cc1cc(C)c(C)c(S(=O)(=O)N(C2CC(=O)N(c3ccc(Br)cc3)C2=O)C(C)(C)C)c1C. The van der Waals surface area contributed by atoms with Crippen molar-refractivity contribution in [2.75, 3.05) is 4.90 Å². The summed E-state index contributed by atoms with van der Waals surface area (Å²) < 4.78 is 30.2. The van der Waals surface area contributed by atoms with Crippen LogP contribution < -0.4 is 4.90 Å². The van der Waals surface area contributed by atoms with E-state index >= 15 is 0 Å². The summed E-state index contributed by atoms with van der Waals surface area (Å²) in [5, 5.41) is 0. The summed E-state index contributed by atoms with van der Waals surface area (Å²) in [7, 11) is -4.09. The molecule has 2 aromatic carbocycles. The maximum Gasteiger partial charge on any atom is 0.252 e. The van der Waals surface area contributed by atoms with Crippen LogP contribution in [-0.2, 0) is 19.6 Å². The molecule has 1 aliphatic heterocycles. The molecule has 172 valence electrons. The van der Waals surface area contributed by atoms with Crippen molar-refractivity contribution in [1.82, 2.24) is 4.31 Å². The highest BCUT2D eigenvalue weighted by Crippen LogP contribution is 2.37. The zero-order chi connectivity index (χ0) is 24.2. The number of imide groups is 1. The number of benzene rings is 2. The lowest BCUT2D eigenvalue weighted by atomic mass is 10.0. The Morgan fingerprint density at radius 3 is 1.94 bits per heavy atom. The molecule has 6 nitrogen and oxygen atoms in total. The fourth-order valence-electron chi connectivity index (χ4n) is 4.32. The van der Waals surface area contributed by atoms with Crippen LogP contribution in [0.1, 0.15) is 49.4 Å². The smallest absolute Gasteiger partial charge is 0.252 e. The van der Waals surface area contributed by atoms with E-state index in [-0.39, 0.29) is 11.3 Å². The van der Waals surface area contributed by atoms with E-state index in [1.54, 1.807) is 58.9 Å². The Balaban J connectivity index is 2.16. The first kappa shape index (κ1) is 24.6. The van der Waals surface area contributed by atoms with E-state index < -0.39 is 33.4 Å². The molecule has 1 aliphatic rings. The van der Waals surface area contributed by atoms with Crippen molar-refractivity contribution in [3.63, 3.8) is 0 Å². The van der Waals surface area contributed by atoms with Gasteiger partial charge in [-0.05, 0) is 95.0 Å². The molecule has 0 spiro atoms. The number of carbonyl (C=O) groups excluding carboxylic acids is 2. The molecule has 0 saturated carbocycles. The van der Waals surface area contributed by atoms with Crippen LogP contribution in [0.4, 0.5) is 5.69 Å². The Labute approximate surface area is 198 Å². The molecule has 3 rings (SSSR count). The first-order chi connectivity index (χ1) is 14.7. The van der Waals surface area contributed by atoms with Crippen molar-refractivity contribution in [3.8, 4) is 0 Å². The predicted molar refractivity (Wildman–Crippen MR) is 129 cm³/mol. The predicted octanol–water partition coefficient (Wildman–Crippen LogP) is 4.80. The van der Waals surface area contributed by atoms with E-state index in [4.69, 9.17) is 0 Å². The zero-order valence-corrected chi connectivity index (χ0v) is 21.9. The molecule has 2 amide bonds. The van der Waals surface area contributed by atoms with Gasteiger partial charge in [-0.2, -0.15) is 4.31 Å². The molecule has 0 bridgehead atoms. The van der Waals surface area contributed by atoms with Crippen LogP contribution in [0.5, 0.6) is 0 Å². The van der Waals surface area contributed by atoms with Gasteiger partial charge >= 0.3 is 0 Å². The number of halogens is 1. The number of rotatable bonds is 4. The lowest BCUT2D eigenvalue weighted by Gasteiger charge is -2.38. The quantitative estimate of drug-likeness (QED) is 0.542. The Morgan fingerprint density at radius 2 is 1.47 bits per heavy atom. The van der Waals surface area contributed by atoms with Crippen molar-refractivity contribution >= 4 is 43.5 Å². The lowest BCUT2D eigenvalue weighted by Crippen LogP contribution is -2.54. The Kier molecular flexibility index (Phi) is 6.45. The number of sulfonamides is 1. The molecule has 0 aromatic heterocycles. The normalized spacial score (nSPS) is 17.5. The maximum atomic E-state index is 14.1. The number of amides is 2. The van der Waals surface area contributed by atoms with E-state index in [1.165, 1.54) is 4.31 Å². The summed E-state index contributed by atoms with van der Waals surface area (Å²) in [4.78, 5) is 27.7. The topological polar surface area (TPSA) is 74.8 Å². The van der Waals surface area contributed by atoms with Gasteiger partial charge in [0.15, 0.2) is 0 Å². The molecule has 1 fully saturated rings. The molecule has 1 atom stereocenters. The Bertz CT molecular complexity index is 1170. The van der Waals surface area contributed by atoms with Crippen LogP contribution in [-0.4, -0.2) is 36.1 Å². The second-order valence-corrected chi connectivity index (χ2v) is 12.0.